The molecule has 3 aliphatic rings. The second-order valence-electron chi connectivity index (χ2n) is 12.3. The fraction of sp³-hybridized carbons (Fsp3) is 0.758. The topological polar surface area (TPSA) is 9.23 Å². The lowest BCUT2D eigenvalue weighted by molar-refractivity contribution is 0.143. The second kappa shape index (κ2) is 13.9. The number of hydrogen-bond donors (Lipinski definition) is 0. The van der Waals surface area contributed by atoms with E-state index in [9.17, 15) is 0 Å². The van der Waals surface area contributed by atoms with Crippen LogP contribution in [0.1, 0.15) is 126 Å². The van der Waals surface area contributed by atoms with Gasteiger partial charge in [0.15, 0.2) is 0 Å². The van der Waals surface area contributed by atoms with Gasteiger partial charge in [-0.25, -0.2) is 0 Å². The van der Waals surface area contributed by atoms with E-state index in [4.69, 9.17) is 4.74 Å². The lowest BCUT2D eigenvalue weighted by Gasteiger charge is -2.38. The molecule has 0 saturated heterocycles. The molecule has 3 aliphatic carbocycles. The third kappa shape index (κ3) is 7.71. The number of benzene rings is 1. The van der Waals surface area contributed by atoms with Gasteiger partial charge in [0.25, 0.3) is 0 Å². The molecular formula is C33H52O. The molecule has 34 heavy (non-hydrogen) atoms. The van der Waals surface area contributed by atoms with Crippen molar-refractivity contribution < 1.29 is 4.74 Å². The largest absolute Gasteiger partial charge is 0.380 e. The van der Waals surface area contributed by atoms with Crippen molar-refractivity contribution in [3.63, 3.8) is 0 Å². The average Bonchev–Trinajstić information content (AvgIpc) is 2.89. The quantitative estimate of drug-likeness (QED) is 0.234. The first-order chi connectivity index (χ1) is 16.7. The summed E-state index contributed by atoms with van der Waals surface area (Å²) in [6.45, 7) is 4.68. The van der Waals surface area contributed by atoms with Crippen molar-refractivity contribution in [2.45, 2.75) is 122 Å². The van der Waals surface area contributed by atoms with E-state index in [2.05, 4.69) is 36.9 Å². The Kier molecular flexibility index (Phi) is 10.6. The van der Waals surface area contributed by atoms with Crippen molar-refractivity contribution in [1.82, 2.24) is 0 Å². The van der Waals surface area contributed by atoms with Crippen LogP contribution in [0.3, 0.4) is 0 Å². The molecule has 3 fully saturated rings. The molecular weight excluding hydrogens is 412 g/mol. The summed E-state index contributed by atoms with van der Waals surface area (Å²) in [6.07, 6.45) is 27.2. The summed E-state index contributed by atoms with van der Waals surface area (Å²) < 4.78 is 5.25. The Bertz CT molecular complexity index is 682. The summed E-state index contributed by atoms with van der Waals surface area (Å²) in [5.74, 6) is 5.90. The van der Waals surface area contributed by atoms with Crippen molar-refractivity contribution in [2.75, 3.05) is 7.11 Å². The zero-order valence-corrected chi connectivity index (χ0v) is 22.2. The monoisotopic (exact) mass is 464 g/mol. The molecule has 0 heterocycles. The number of unbranched alkanes of at least 4 members (excludes halogenated alkanes) is 1. The first-order valence-electron chi connectivity index (χ1n) is 14.9. The Morgan fingerprint density at radius 3 is 1.71 bits per heavy atom. The molecule has 0 amide bonds. The predicted octanol–water partition coefficient (Wildman–Crippen LogP) is 9.86. The van der Waals surface area contributed by atoms with Gasteiger partial charge in [0.05, 0.1) is 6.61 Å². The number of allylic oxidation sites excluding steroid dienone is 1. The molecule has 0 bridgehead atoms. The minimum atomic E-state index is 0.728. The van der Waals surface area contributed by atoms with Crippen LogP contribution in [0.2, 0.25) is 0 Å². The standard InChI is InChI=1S/C33H52O/c1-3-6-26-9-17-30(18-10-26)31-19-11-27(12-20-31)7-4-5-8-28-13-21-32(22-14-28)33-23-15-29(16-24-33)25-34-2/h3,15-16,23-24,26-28,30-32H,1,4-14,17-22,25H2,2H3/t26-,27-,28?,30-,31-,32?. The molecule has 0 aromatic heterocycles. The van der Waals surface area contributed by atoms with Gasteiger partial charge in [0.1, 0.15) is 0 Å². The summed E-state index contributed by atoms with van der Waals surface area (Å²) >= 11 is 0. The van der Waals surface area contributed by atoms with E-state index in [0.29, 0.717) is 0 Å². The van der Waals surface area contributed by atoms with E-state index in [1.165, 1.54) is 115 Å². The molecule has 1 aromatic carbocycles. The molecule has 3 saturated carbocycles. The highest BCUT2D eigenvalue weighted by atomic mass is 16.5. The van der Waals surface area contributed by atoms with Crippen molar-refractivity contribution >= 4 is 0 Å². The van der Waals surface area contributed by atoms with Crippen LogP contribution < -0.4 is 0 Å². The zero-order chi connectivity index (χ0) is 23.6. The Hall–Kier alpha value is -1.08. The summed E-state index contributed by atoms with van der Waals surface area (Å²) in [5.41, 5.74) is 2.85. The summed E-state index contributed by atoms with van der Waals surface area (Å²) in [4.78, 5) is 0. The molecule has 190 valence electrons. The summed E-state index contributed by atoms with van der Waals surface area (Å²) in [7, 11) is 1.78. The molecule has 1 heteroatoms. The fourth-order valence-corrected chi connectivity index (χ4v) is 7.78. The van der Waals surface area contributed by atoms with Gasteiger partial charge in [-0.1, -0.05) is 68.9 Å². The van der Waals surface area contributed by atoms with E-state index in [1.54, 1.807) is 12.7 Å². The summed E-state index contributed by atoms with van der Waals surface area (Å²) in [6, 6.07) is 9.21. The maximum Gasteiger partial charge on any atom is 0.0713 e. The molecule has 0 aliphatic heterocycles. The Balaban J connectivity index is 1.05. The van der Waals surface area contributed by atoms with Gasteiger partial charge in [-0.2, -0.15) is 0 Å². The normalized spacial score (nSPS) is 32.4. The van der Waals surface area contributed by atoms with Crippen molar-refractivity contribution in [3.8, 4) is 0 Å². The molecule has 0 unspecified atom stereocenters. The smallest absolute Gasteiger partial charge is 0.0713 e. The van der Waals surface area contributed by atoms with E-state index in [0.717, 1.165) is 42.1 Å². The highest BCUT2D eigenvalue weighted by molar-refractivity contribution is 5.25. The zero-order valence-electron chi connectivity index (χ0n) is 22.2. The van der Waals surface area contributed by atoms with Crippen molar-refractivity contribution in [1.29, 1.82) is 0 Å². The lowest BCUT2D eigenvalue weighted by atomic mass is 9.68. The van der Waals surface area contributed by atoms with Crippen LogP contribution in [0.5, 0.6) is 0 Å². The molecule has 0 radical (unpaired) electrons. The number of rotatable bonds is 11. The molecule has 1 aromatic rings. The minimum Gasteiger partial charge on any atom is -0.380 e. The number of hydrogen-bond acceptors (Lipinski definition) is 1. The third-order valence-corrected chi connectivity index (χ3v) is 10.0. The average molecular weight is 465 g/mol. The van der Waals surface area contributed by atoms with Gasteiger partial charge in [-0.3, -0.25) is 0 Å². The Labute approximate surface area is 211 Å². The van der Waals surface area contributed by atoms with Crippen LogP contribution in [0.15, 0.2) is 36.9 Å². The molecule has 4 rings (SSSR count). The number of ether oxygens (including phenoxy) is 1. The van der Waals surface area contributed by atoms with Crippen LogP contribution in [0.25, 0.3) is 0 Å². The van der Waals surface area contributed by atoms with Gasteiger partial charge < -0.3 is 4.74 Å². The van der Waals surface area contributed by atoms with Crippen LogP contribution in [0, 0.1) is 29.6 Å². The summed E-state index contributed by atoms with van der Waals surface area (Å²) in [5, 5.41) is 0. The van der Waals surface area contributed by atoms with Crippen LogP contribution in [-0.4, -0.2) is 7.11 Å². The number of methoxy groups -OCH3 is 1. The fourth-order valence-electron chi connectivity index (χ4n) is 7.78. The van der Waals surface area contributed by atoms with E-state index in [-0.39, 0.29) is 0 Å². The molecule has 0 atom stereocenters. The highest BCUT2D eigenvalue weighted by Crippen LogP contribution is 2.43. The van der Waals surface area contributed by atoms with Gasteiger partial charge in [0, 0.05) is 7.11 Å². The Morgan fingerprint density at radius 1 is 0.706 bits per heavy atom. The van der Waals surface area contributed by atoms with Crippen molar-refractivity contribution in [3.05, 3.63) is 48.0 Å². The van der Waals surface area contributed by atoms with Gasteiger partial charge in [0.2, 0.25) is 0 Å². The lowest BCUT2D eigenvalue weighted by Crippen LogP contribution is -2.25. The van der Waals surface area contributed by atoms with Crippen LogP contribution in [0.4, 0.5) is 0 Å². The molecule has 1 nitrogen and oxygen atoms in total. The molecule has 0 N–H and O–H groups in total. The SMILES string of the molecule is C=CC[C@H]1CC[C@H]([C@H]2CC[C@H](CCCCC3CCC(c4ccc(COC)cc4)CC3)CC2)CC1. The van der Waals surface area contributed by atoms with Crippen molar-refractivity contribution in [2.24, 2.45) is 29.6 Å². The van der Waals surface area contributed by atoms with E-state index < -0.39 is 0 Å². The van der Waals surface area contributed by atoms with Crippen LogP contribution >= 0.6 is 0 Å². The predicted molar refractivity (Wildman–Crippen MR) is 146 cm³/mol. The van der Waals surface area contributed by atoms with Crippen LogP contribution in [-0.2, 0) is 11.3 Å². The van der Waals surface area contributed by atoms with Gasteiger partial charge in [-0.05, 0) is 117 Å². The van der Waals surface area contributed by atoms with Gasteiger partial charge in [-0.15, -0.1) is 6.58 Å². The second-order valence-corrected chi connectivity index (χ2v) is 12.3. The molecule has 0 spiro atoms. The first kappa shape index (κ1) is 26.0. The maximum absolute atomic E-state index is 5.25. The third-order valence-electron chi connectivity index (χ3n) is 10.0. The van der Waals surface area contributed by atoms with E-state index in [1.807, 2.05) is 0 Å². The maximum atomic E-state index is 5.25. The highest BCUT2D eigenvalue weighted by Gasteiger charge is 2.30. The minimum absolute atomic E-state index is 0.728. The first-order valence-corrected chi connectivity index (χ1v) is 14.9. The van der Waals surface area contributed by atoms with E-state index >= 15 is 0 Å². The Morgan fingerprint density at radius 2 is 1.21 bits per heavy atom. The van der Waals surface area contributed by atoms with Gasteiger partial charge >= 0.3 is 0 Å².